The van der Waals surface area contributed by atoms with Crippen LogP contribution in [0.15, 0.2) is 0 Å². The van der Waals surface area contributed by atoms with Gasteiger partial charge in [0.2, 0.25) is 6.29 Å². The summed E-state index contributed by atoms with van der Waals surface area (Å²) in [6, 6.07) is 0. The number of carbonyl (C=O) groups excluding carboxylic acids is 1. The van der Waals surface area contributed by atoms with Crippen molar-refractivity contribution in [3.63, 3.8) is 0 Å². The van der Waals surface area contributed by atoms with Gasteiger partial charge in [0.15, 0.2) is 0 Å². The summed E-state index contributed by atoms with van der Waals surface area (Å²) in [5.74, 6) is -1.43. The zero-order valence-electron chi connectivity index (χ0n) is 4.05. The van der Waals surface area contributed by atoms with Crippen molar-refractivity contribution in [2.45, 2.75) is 0 Å². The molecular formula is C2H4O6S. The number of aldehydes is 1. The second-order valence-corrected chi connectivity index (χ2v) is 1.15. The smallest absolute Gasteiger partial charge is 0.368 e. The maximum absolute atomic E-state index is 9.00. The van der Waals surface area contributed by atoms with Crippen molar-refractivity contribution in [2.75, 3.05) is 0 Å². The standard InChI is InChI=1S/C2H2O3.H2O3S/c3-1-2(4)5;1-4(2)3/h1H,(H,4,5);(H2,1,2,3). The minimum absolute atomic E-state index is 0.167. The largest absolute Gasteiger partial charge is 0.476 e. The summed E-state index contributed by atoms with van der Waals surface area (Å²) >= 11 is -2.61. The van der Waals surface area contributed by atoms with Crippen LogP contribution in [0.4, 0.5) is 0 Å². The number of rotatable bonds is 1. The molecule has 0 atom stereocenters. The minimum Gasteiger partial charge on any atom is -0.476 e. The van der Waals surface area contributed by atoms with Gasteiger partial charge in [-0.2, -0.15) is 4.21 Å². The normalized spacial score (nSPS) is 7.44. The highest BCUT2D eigenvalue weighted by atomic mass is 32.2. The summed E-state index contributed by atoms with van der Waals surface area (Å²) in [5, 5.41) is 7.35. The van der Waals surface area contributed by atoms with Crippen LogP contribution in [-0.4, -0.2) is 30.7 Å². The number of carboxylic acids is 1. The van der Waals surface area contributed by atoms with Crippen molar-refractivity contribution < 1.29 is 28.0 Å². The molecule has 0 saturated heterocycles. The number of hydrogen-bond donors (Lipinski definition) is 3. The molecule has 0 heterocycles. The molecule has 7 heteroatoms. The van der Waals surface area contributed by atoms with E-state index in [0.29, 0.717) is 0 Å². The fourth-order valence-electron chi connectivity index (χ4n) is 0. The van der Waals surface area contributed by atoms with E-state index in [1.54, 1.807) is 0 Å². The molecule has 0 aromatic rings. The molecule has 0 aliphatic heterocycles. The third-order valence-electron chi connectivity index (χ3n) is 0.101. The molecule has 0 bridgehead atoms. The second kappa shape index (κ2) is 7.21. The highest BCUT2D eigenvalue weighted by Gasteiger charge is 1.80. The van der Waals surface area contributed by atoms with Crippen LogP contribution in [0.2, 0.25) is 0 Å². The van der Waals surface area contributed by atoms with E-state index in [2.05, 4.69) is 0 Å². The van der Waals surface area contributed by atoms with Crippen LogP contribution >= 0.6 is 0 Å². The molecule has 3 N–H and O–H groups in total. The Morgan fingerprint density at radius 3 is 1.56 bits per heavy atom. The molecule has 54 valence electrons. The van der Waals surface area contributed by atoms with Gasteiger partial charge in [-0.25, -0.2) is 4.79 Å². The number of carbonyl (C=O) groups is 2. The van der Waals surface area contributed by atoms with E-state index in [0.717, 1.165) is 0 Å². The third kappa shape index (κ3) is 134. The fourth-order valence-corrected chi connectivity index (χ4v) is 0. The fraction of sp³-hybridized carbons (Fsp3) is 0. The summed E-state index contributed by atoms with van der Waals surface area (Å²) in [5.41, 5.74) is 0. The average Bonchev–Trinajstić information content (AvgIpc) is 1.65. The topological polar surface area (TPSA) is 112 Å². The molecule has 6 nitrogen and oxygen atoms in total. The van der Waals surface area contributed by atoms with E-state index in [4.69, 9.17) is 28.0 Å². The van der Waals surface area contributed by atoms with Crippen molar-refractivity contribution >= 4 is 23.6 Å². The molecule has 0 aromatic carbocycles. The lowest BCUT2D eigenvalue weighted by Gasteiger charge is -1.59. The lowest BCUT2D eigenvalue weighted by molar-refractivity contribution is -0.143. The van der Waals surface area contributed by atoms with Crippen LogP contribution < -0.4 is 0 Å². The van der Waals surface area contributed by atoms with Crippen molar-refractivity contribution in [3.05, 3.63) is 0 Å². The quantitative estimate of drug-likeness (QED) is 0.254. The first-order valence-electron chi connectivity index (χ1n) is 1.48. The Labute approximate surface area is 52.6 Å². The zero-order chi connectivity index (χ0) is 7.86. The van der Waals surface area contributed by atoms with Crippen molar-refractivity contribution in [1.82, 2.24) is 0 Å². The summed E-state index contributed by atoms with van der Waals surface area (Å²) in [4.78, 5) is 17.9. The maximum Gasteiger partial charge on any atom is 0.368 e. The van der Waals surface area contributed by atoms with Gasteiger partial charge >= 0.3 is 5.97 Å². The van der Waals surface area contributed by atoms with E-state index in [9.17, 15) is 0 Å². The minimum atomic E-state index is -2.61. The Bertz CT molecular complexity index is 114. The van der Waals surface area contributed by atoms with Crippen molar-refractivity contribution in [1.29, 1.82) is 0 Å². The van der Waals surface area contributed by atoms with Crippen LogP contribution in [0.25, 0.3) is 0 Å². The molecule has 0 aliphatic rings. The molecule has 0 amide bonds. The van der Waals surface area contributed by atoms with Gasteiger partial charge in [0, 0.05) is 0 Å². The summed E-state index contributed by atoms with van der Waals surface area (Å²) in [6.45, 7) is 0. The predicted octanol–water partition coefficient (Wildman–Crippen LogP) is -1.05. The first-order valence-corrected chi connectivity index (χ1v) is 2.55. The SMILES string of the molecule is O=CC(=O)O.O=S(O)O. The van der Waals surface area contributed by atoms with Crippen LogP contribution in [0.3, 0.4) is 0 Å². The summed E-state index contributed by atoms with van der Waals surface area (Å²) in [7, 11) is 0. The Hall–Kier alpha value is -0.790. The molecule has 0 saturated carbocycles. The van der Waals surface area contributed by atoms with Crippen LogP contribution in [-0.2, 0) is 21.0 Å². The van der Waals surface area contributed by atoms with Gasteiger partial charge in [-0.3, -0.25) is 13.9 Å². The lowest BCUT2D eigenvalue weighted by Crippen LogP contribution is -1.91. The van der Waals surface area contributed by atoms with Gasteiger partial charge in [-0.15, -0.1) is 0 Å². The molecular weight excluding hydrogens is 152 g/mol. The van der Waals surface area contributed by atoms with E-state index >= 15 is 0 Å². The van der Waals surface area contributed by atoms with Crippen molar-refractivity contribution in [2.24, 2.45) is 0 Å². The lowest BCUT2D eigenvalue weighted by atomic mass is 10.8. The summed E-state index contributed by atoms with van der Waals surface area (Å²) < 4.78 is 22.8. The van der Waals surface area contributed by atoms with Gasteiger partial charge in [-0.1, -0.05) is 0 Å². The molecule has 0 aromatic heterocycles. The highest BCUT2D eigenvalue weighted by molar-refractivity contribution is 7.73. The molecule has 0 unspecified atom stereocenters. The van der Waals surface area contributed by atoms with Gasteiger partial charge in [0.1, 0.15) is 0 Å². The number of aliphatic carboxylic acids is 1. The molecule has 0 rings (SSSR count). The number of hydrogen-bond acceptors (Lipinski definition) is 3. The third-order valence-corrected chi connectivity index (χ3v) is 0.101. The van der Waals surface area contributed by atoms with Crippen LogP contribution in [0.5, 0.6) is 0 Å². The zero-order valence-corrected chi connectivity index (χ0v) is 4.87. The van der Waals surface area contributed by atoms with E-state index in [-0.39, 0.29) is 6.29 Å². The Morgan fingerprint density at radius 2 is 1.56 bits per heavy atom. The molecule has 0 aliphatic carbocycles. The Balaban J connectivity index is 0. The average molecular weight is 156 g/mol. The van der Waals surface area contributed by atoms with Crippen LogP contribution in [0.1, 0.15) is 0 Å². The van der Waals surface area contributed by atoms with Gasteiger partial charge in [0.25, 0.3) is 11.4 Å². The van der Waals surface area contributed by atoms with E-state index < -0.39 is 17.3 Å². The molecule has 0 spiro atoms. The maximum atomic E-state index is 9.00. The highest BCUT2D eigenvalue weighted by Crippen LogP contribution is 1.44. The van der Waals surface area contributed by atoms with E-state index in [1.165, 1.54) is 0 Å². The molecule has 9 heavy (non-hydrogen) atoms. The predicted molar refractivity (Wildman–Crippen MR) is 27.1 cm³/mol. The van der Waals surface area contributed by atoms with Gasteiger partial charge < -0.3 is 5.11 Å². The Morgan fingerprint density at radius 1 is 1.44 bits per heavy atom. The number of carboxylic acid groups (broad SMARTS) is 1. The first kappa shape index (κ1) is 11.1. The first-order chi connectivity index (χ1) is 4.00. The van der Waals surface area contributed by atoms with Crippen LogP contribution in [0, 0.1) is 0 Å². The molecule has 0 fully saturated rings. The molecule has 0 radical (unpaired) electrons. The van der Waals surface area contributed by atoms with E-state index in [1.807, 2.05) is 0 Å². The summed E-state index contributed by atoms with van der Waals surface area (Å²) in [6.07, 6.45) is -0.167. The van der Waals surface area contributed by atoms with Gasteiger partial charge in [-0.05, 0) is 0 Å². The Kier molecular flexibility index (Phi) is 8.87. The second-order valence-electron chi connectivity index (χ2n) is 0.687. The van der Waals surface area contributed by atoms with Gasteiger partial charge in [0.05, 0.1) is 0 Å². The monoisotopic (exact) mass is 156 g/mol. The van der Waals surface area contributed by atoms with Crippen molar-refractivity contribution in [3.8, 4) is 0 Å².